The molecule has 18 rings (SSSR count). The zero-order valence-electron chi connectivity index (χ0n) is 39.5. The van der Waals surface area contributed by atoms with Crippen LogP contribution in [0.1, 0.15) is 0 Å². The highest BCUT2D eigenvalue weighted by Crippen LogP contribution is 2.47. The Morgan fingerprint density at radius 1 is 0.270 bits per heavy atom. The molecular formula is C66H36B2N2O2S2. The van der Waals surface area contributed by atoms with Crippen LogP contribution in [0.3, 0.4) is 0 Å². The summed E-state index contributed by atoms with van der Waals surface area (Å²) in [6.07, 6.45) is 0. The Kier molecular flexibility index (Phi) is 7.87. The van der Waals surface area contributed by atoms with Gasteiger partial charge in [-0.1, -0.05) is 180 Å². The molecule has 0 amide bonds. The zero-order chi connectivity index (χ0) is 47.9. The molecule has 8 heteroatoms. The maximum absolute atomic E-state index is 6.97. The standard InChI is InChI=1S/C66H36B2N2O2S2/c1-2-16-40-39(15-1)45-33-51-61(73-63-31-37(29-59-65(63)67(51)49-21-7-13-27-57(49)71-59)69-53-23-9-3-17-41(53)42-18-4-10-24-54(42)69)35-47(45)48-36-62-52(34-46(40)48)68-50-22-8-14-28-58(50)72-60-30-38(32-64(74-62)66(60)68)70-55-25-11-5-19-43(55)44-20-6-12-26-56(44)70/h1-36H. The monoisotopic (exact) mass is 974 g/mol. The minimum Gasteiger partial charge on any atom is -0.458 e. The fraction of sp³-hybridized carbons (Fsp3) is 0. The summed E-state index contributed by atoms with van der Waals surface area (Å²) in [6.45, 7) is 0.0173. The van der Waals surface area contributed by atoms with E-state index in [1.54, 1.807) is 0 Å². The first-order valence-corrected chi connectivity index (χ1v) is 27.0. The number of nitrogens with zero attached hydrogens (tertiary/aromatic N) is 2. The van der Waals surface area contributed by atoms with Crippen molar-refractivity contribution >= 4 is 146 Å². The van der Waals surface area contributed by atoms with Gasteiger partial charge in [-0.05, 0) is 115 Å². The smallest absolute Gasteiger partial charge is 0.253 e. The third-order valence-electron chi connectivity index (χ3n) is 16.5. The maximum atomic E-state index is 6.97. The van der Waals surface area contributed by atoms with Gasteiger partial charge in [0.2, 0.25) is 0 Å². The molecule has 0 aliphatic carbocycles. The Morgan fingerprint density at radius 2 is 0.608 bits per heavy atom. The molecule has 2 aromatic heterocycles. The molecule has 340 valence electrons. The molecule has 0 spiro atoms. The number of para-hydroxylation sites is 6. The van der Waals surface area contributed by atoms with E-state index in [0.29, 0.717) is 0 Å². The topological polar surface area (TPSA) is 28.3 Å². The van der Waals surface area contributed by atoms with Gasteiger partial charge >= 0.3 is 0 Å². The number of ether oxygens (including phenoxy) is 2. The fourth-order valence-corrected chi connectivity index (χ4v) is 15.9. The summed E-state index contributed by atoms with van der Waals surface area (Å²) in [4.78, 5) is 5.02. The van der Waals surface area contributed by atoms with E-state index < -0.39 is 0 Å². The van der Waals surface area contributed by atoms with E-state index in [0.717, 1.165) is 34.4 Å². The molecule has 4 aliphatic heterocycles. The number of hydrogen-bond donors (Lipinski definition) is 0. The van der Waals surface area contributed by atoms with E-state index in [1.807, 2.05) is 23.5 Å². The highest BCUT2D eigenvalue weighted by atomic mass is 32.2. The predicted molar refractivity (Wildman–Crippen MR) is 311 cm³/mol. The second kappa shape index (κ2) is 14.6. The van der Waals surface area contributed by atoms with E-state index in [9.17, 15) is 0 Å². The summed E-state index contributed by atoms with van der Waals surface area (Å²) in [5.41, 5.74) is 14.5. The molecule has 12 aromatic carbocycles. The zero-order valence-corrected chi connectivity index (χ0v) is 41.1. The number of hydrogen-bond acceptors (Lipinski definition) is 4. The van der Waals surface area contributed by atoms with Crippen LogP contribution in [-0.2, 0) is 0 Å². The summed E-state index contributed by atoms with van der Waals surface area (Å²) in [7, 11) is 0. The molecule has 0 saturated carbocycles. The lowest BCUT2D eigenvalue weighted by molar-refractivity contribution is 0.486. The molecule has 0 saturated heterocycles. The lowest BCUT2D eigenvalue weighted by Gasteiger charge is -2.34. The van der Waals surface area contributed by atoms with Crippen molar-refractivity contribution in [3.63, 3.8) is 0 Å². The first-order chi connectivity index (χ1) is 36.7. The molecular weight excluding hydrogens is 938 g/mol. The van der Waals surface area contributed by atoms with E-state index in [-0.39, 0.29) is 13.4 Å². The molecule has 6 heterocycles. The third kappa shape index (κ3) is 5.28. The molecule has 4 aliphatic rings. The van der Waals surface area contributed by atoms with Gasteiger partial charge in [0.15, 0.2) is 0 Å². The van der Waals surface area contributed by atoms with Gasteiger partial charge in [0, 0.05) is 53.3 Å². The summed E-state index contributed by atoms with van der Waals surface area (Å²) >= 11 is 3.77. The lowest BCUT2D eigenvalue weighted by Crippen LogP contribution is -2.57. The fourth-order valence-electron chi connectivity index (χ4n) is 13.5. The second-order valence-corrected chi connectivity index (χ2v) is 22.4. The Bertz CT molecular complexity index is 4490. The lowest BCUT2D eigenvalue weighted by atomic mass is 9.35. The number of benzene rings is 12. The summed E-state index contributed by atoms with van der Waals surface area (Å²) in [6, 6.07) is 80.9. The van der Waals surface area contributed by atoms with Crippen molar-refractivity contribution in [2.45, 2.75) is 19.6 Å². The van der Waals surface area contributed by atoms with Gasteiger partial charge in [0.25, 0.3) is 13.4 Å². The van der Waals surface area contributed by atoms with Crippen LogP contribution in [0.4, 0.5) is 0 Å². The van der Waals surface area contributed by atoms with E-state index in [2.05, 4.69) is 228 Å². The van der Waals surface area contributed by atoms with Crippen molar-refractivity contribution in [1.82, 2.24) is 9.13 Å². The van der Waals surface area contributed by atoms with Crippen LogP contribution in [0.5, 0.6) is 23.0 Å². The number of aromatic nitrogens is 2. The molecule has 0 bridgehead atoms. The molecule has 14 aromatic rings. The van der Waals surface area contributed by atoms with Gasteiger partial charge in [0.1, 0.15) is 23.0 Å². The average molecular weight is 975 g/mol. The largest absolute Gasteiger partial charge is 0.458 e. The second-order valence-electron chi connectivity index (χ2n) is 20.2. The van der Waals surface area contributed by atoms with Crippen molar-refractivity contribution in [2.75, 3.05) is 0 Å². The van der Waals surface area contributed by atoms with E-state index in [1.165, 1.54) is 128 Å². The average Bonchev–Trinajstić information content (AvgIpc) is 4.02. The minimum absolute atomic E-state index is 0.00867. The Labute approximate surface area is 433 Å². The van der Waals surface area contributed by atoms with Crippen LogP contribution >= 0.6 is 23.5 Å². The SMILES string of the molecule is c1ccc2c(c1)Oc1cc(-n3c4ccccc4c4ccccc43)cc3c1B2c1cc2c4ccccc4c4cc5c(cc4c2cc1S3)Sc1cc(-n2c3ccccc3c3ccccc32)cc2c1B5c1ccccc1O2. The molecule has 0 radical (unpaired) electrons. The molecule has 0 N–H and O–H groups in total. The number of fused-ring (bicyclic) bond motifs is 20. The van der Waals surface area contributed by atoms with Crippen molar-refractivity contribution in [2.24, 2.45) is 0 Å². The van der Waals surface area contributed by atoms with E-state index in [4.69, 9.17) is 9.47 Å². The van der Waals surface area contributed by atoms with Gasteiger partial charge in [0.05, 0.1) is 33.4 Å². The molecule has 0 atom stereocenters. The van der Waals surface area contributed by atoms with Gasteiger partial charge < -0.3 is 18.6 Å². The minimum atomic E-state index is 0.00867. The summed E-state index contributed by atoms with van der Waals surface area (Å²) in [5.74, 6) is 3.68. The van der Waals surface area contributed by atoms with Crippen LogP contribution in [0, 0.1) is 0 Å². The molecule has 74 heavy (non-hydrogen) atoms. The number of rotatable bonds is 2. The third-order valence-corrected chi connectivity index (χ3v) is 18.8. The highest BCUT2D eigenvalue weighted by molar-refractivity contribution is 8.00. The van der Waals surface area contributed by atoms with Crippen LogP contribution in [0.15, 0.2) is 238 Å². The summed E-state index contributed by atoms with van der Waals surface area (Å²) < 4.78 is 18.8. The van der Waals surface area contributed by atoms with Gasteiger partial charge in [-0.3, -0.25) is 0 Å². The van der Waals surface area contributed by atoms with E-state index >= 15 is 0 Å². The first-order valence-electron chi connectivity index (χ1n) is 25.4. The van der Waals surface area contributed by atoms with Crippen molar-refractivity contribution < 1.29 is 9.47 Å². The van der Waals surface area contributed by atoms with Crippen LogP contribution < -0.4 is 42.3 Å². The molecule has 4 nitrogen and oxygen atoms in total. The molecule has 0 fully saturated rings. The molecule has 0 unspecified atom stereocenters. The van der Waals surface area contributed by atoms with Gasteiger partial charge in [-0.2, -0.15) is 0 Å². The van der Waals surface area contributed by atoms with Crippen LogP contribution in [0.2, 0.25) is 0 Å². The maximum Gasteiger partial charge on any atom is 0.253 e. The Hall–Kier alpha value is -8.55. The predicted octanol–water partition coefficient (Wildman–Crippen LogP) is 13.5. The van der Waals surface area contributed by atoms with Crippen molar-refractivity contribution in [1.29, 1.82) is 0 Å². The quantitative estimate of drug-likeness (QED) is 0.127. The van der Waals surface area contributed by atoms with Crippen molar-refractivity contribution in [3.8, 4) is 34.4 Å². The Balaban J connectivity index is 0.872. The normalized spacial score (nSPS) is 13.7. The van der Waals surface area contributed by atoms with Gasteiger partial charge in [-0.15, -0.1) is 0 Å². The first kappa shape index (κ1) is 40.0. The van der Waals surface area contributed by atoms with Gasteiger partial charge in [-0.25, -0.2) is 0 Å². The Morgan fingerprint density at radius 3 is 1.01 bits per heavy atom. The highest BCUT2D eigenvalue weighted by Gasteiger charge is 2.42. The van der Waals surface area contributed by atoms with Crippen molar-refractivity contribution in [3.05, 3.63) is 218 Å². The van der Waals surface area contributed by atoms with Crippen LogP contribution in [-0.4, -0.2) is 22.6 Å². The summed E-state index contributed by atoms with van der Waals surface area (Å²) in [5, 5.41) is 12.6. The van der Waals surface area contributed by atoms with Crippen LogP contribution in [0.25, 0.3) is 87.3 Å².